The zero-order valence-electron chi connectivity index (χ0n) is 58.2. The molecule has 0 heterocycles. The van der Waals surface area contributed by atoms with E-state index in [4.69, 9.17) is 50.3 Å². The summed E-state index contributed by atoms with van der Waals surface area (Å²) in [6.45, 7) is 0.494. The van der Waals surface area contributed by atoms with Crippen LogP contribution in [0.3, 0.4) is 0 Å². The molecule has 0 fully saturated rings. The molecule has 0 aliphatic rings. The molecule has 0 saturated carbocycles. The number of hydrogen-bond acceptors (Lipinski definition) is 13. The van der Waals surface area contributed by atoms with E-state index >= 15 is 14.4 Å². The molecule has 8 aromatic carbocycles. The van der Waals surface area contributed by atoms with Crippen molar-refractivity contribution < 1.29 is 43.5 Å². The van der Waals surface area contributed by atoms with Crippen molar-refractivity contribution in [3.05, 3.63) is 192 Å². The normalized spacial score (nSPS) is 13.4. The third-order valence-corrected chi connectivity index (χ3v) is 17.7. The summed E-state index contributed by atoms with van der Waals surface area (Å²) in [7, 11) is 0. The molecule has 26 N–H and O–H groups in total. The molecule has 8 rings (SSSR count). The number of carbonyl (C=O) groups excluding carboxylic acids is 7. The van der Waals surface area contributed by atoms with E-state index in [1.807, 2.05) is 152 Å². The number of hydrogen-bond donors (Lipinski definition) is 21. The third-order valence-electron chi connectivity index (χ3n) is 17.7. The first kappa shape index (κ1) is 78.3. The van der Waals surface area contributed by atoms with Gasteiger partial charge in [-0.05, 0) is 117 Å². The van der Waals surface area contributed by atoms with E-state index in [2.05, 4.69) is 58.5 Å². The Morgan fingerprint density at radius 2 is 0.514 bits per heavy atom. The van der Waals surface area contributed by atoms with Crippen LogP contribution in [0.25, 0.3) is 43.1 Å². The Bertz CT molecular complexity index is 4440. The van der Waals surface area contributed by atoms with Crippen molar-refractivity contribution in [1.82, 2.24) is 58.5 Å². The standard InChI is InChI=1S/C76H94N20O9/c77-57(21-9-33-86-73(78)79)65(97)90-58(22-10-34-87-74(80)81)66(98)91-59(23-11-35-88-75(82)83)67(99)92-60(24-12-36-89-76(84)85)68(100)93-61(41-45-25-29-49-13-1-5-17-53(49)37-45)69(101)94-62(42-46-26-30-50-14-2-6-18-54(50)38-46)70(102)95-63(43-47-27-31-51-15-3-7-19-55(51)39-47)71(103)96-64(72(104)105)44-48-28-32-52-16-4-8-20-56(52)40-48/h1-8,13-20,25-32,37-40,57-64H,9-12,21-24,33-36,41-44,77H2,(H,90,97)(H,91,98)(H,92,99)(H,93,100)(H,94,101)(H,95,102)(H,96,103)(H,104,105)(H4,78,79,86)(H4,80,81,87)(H4,82,83,88)(H4,84,85,89)/t57-,58-,59-,60-,61-,62-,63-,64-/m0/s1. The van der Waals surface area contributed by atoms with Gasteiger partial charge in [-0.3, -0.25) is 55.2 Å². The second-order valence-electron chi connectivity index (χ2n) is 25.8. The van der Waals surface area contributed by atoms with E-state index in [9.17, 15) is 29.1 Å². The van der Waals surface area contributed by atoms with E-state index in [0.29, 0.717) is 28.7 Å². The summed E-state index contributed by atoms with van der Waals surface area (Å²) in [5, 5.41) is 78.5. The number of nitrogens with two attached hydrogens (primary N) is 5. The van der Waals surface area contributed by atoms with Crippen LogP contribution in [-0.4, -0.2) is 151 Å². The van der Waals surface area contributed by atoms with Gasteiger partial charge in [-0.1, -0.05) is 170 Å². The number of carboxylic acids is 1. The highest BCUT2D eigenvalue weighted by molar-refractivity contribution is 5.99. The molecular weight excluding hydrogens is 1340 g/mol. The number of guanidine groups is 4. The molecule has 0 unspecified atom stereocenters. The lowest BCUT2D eigenvalue weighted by Gasteiger charge is -2.28. The fourth-order valence-electron chi connectivity index (χ4n) is 12.2. The van der Waals surface area contributed by atoms with Gasteiger partial charge in [0.1, 0.15) is 42.3 Å². The van der Waals surface area contributed by atoms with Crippen molar-refractivity contribution in [2.24, 2.45) is 28.7 Å². The molecule has 8 atom stereocenters. The number of benzene rings is 8. The lowest BCUT2D eigenvalue weighted by atomic mass is 9.97. The maximum atomic E-state index is 15.6. The molecule has 0 spiro atoms. The Hall–Kier alpha value is -12.4. The molecular formula is C76H94N20O9. The Morgan fingerprint density at radius 1 is 0.295 bits per heavy atom. The van der Waals surface area contributed by atoms with E-state index in [-0.39, 0.29) is 121 Å². The van der Waals surface area contributed by atoms with Crippen LogP contribution >= 0.6 is 0 Å². The minimum atomic E-state index is -1.52. The molecule has 552 valence electrons. The first-order chi connectivity index (χ1) is 50.4. The van der Waals surface area contributed by atoms with Crippen LogP contribution in [0.5, 0.6) is 0 Å². The number of aliphatic carboxylic acids is 1. The largest absolute Gasteiger partial charge is 0.480 e. The van der Waals surface area contributed by atoms with Crippen LogP contribution in [0.15, 0.2) is 170 Å². The Morgan fingerprint density at radius 3 is 0.781 bits per heavy atom. The van der Waals surface area contributed by atoms with Crippen LogP contribution in [0.4, 0.5) is 0 Å². The summed E-state index contributed by atoms with van der Waals surface area (Å²) in [5.74, 6) is -8.45. The zero-order chi connectivity index (χ0) is 75.4. The molecule has 0 bridgehead atoms. The number of nitrogens with one attached hydrogen (secondary N) is 15. The van der Waals surface area contributed by atoms with Crippen LogP contribution in [0.1, 0.15) is 73.6 Å². The maximum absolute atomic E-state index is 15.6. The average Bonchev–Trinajstić information content (AvgIpc) is 0.839. The molecule has 29 heteroatoms. The van der Waals surface area contributed by atoms with Gasteiger partial charge in [0.25, 0.3) is 0 Å². The van der Waals surface area contributed by atoms with Crippen molar-refractivity contribution in [3.63, 3.8) is 0 Å². The number of carboxylic acid groups (broad SMARTS) is 1. The summed E-state index contributed by atoms with van der Waals surface area (Å²) in [6.07, 6.45) is 0.0482. The van der Waals surface area contributed by atoms with Crippen molar-refractivity contribution >= 4 is 114 Å². The quantitative estimate of drug-likeness (QED) is 0.0149. The van der Waals surface area contributed by atoms with E-state index in [1.165, 1.54) is 0 Å². The second kappa shape index (κ2) is 39.1. The number of fused-ring (bicyclic) bond motifs is 4. The zero-order valence-corrected chi connectivity index (χ0v) is 58.2. The fraction of sp³-hybridized carbons (Fsp3) is 0.316. The highest BCUT2D eigenvalue weighted by Gasteiger charge is 2.36. The molecule has 105 heavy (non-hydrogen) atoms. The van der Waals surface area contributed by atoms with E-state index in [0.717, 1.165) is 43.1 Å². The predicted octanol–water partition coefficient (Wildman–Crippen LogP) is 2.43. The molecule has 0 aliphatic carbocycles. The van der Waals surface area contributed by atoms with Crippen molar-refractivity contribution in [2.75, 3.05) is 26.2 Å². The first-order valence-electron chi connectivity index (χ1n) is 34.8. The fourth-order valence-corrected chi connectivity index (χ4v) is 12.2. The smallest absolute Gasteiger partial charge is 0.326 e. The second-order valence-corrected chi connectivity index (χ2v) is 25.8. The molecule has 0 aliphatic heterocycles. The molecule has 0 aromatic heterocycles. The monoisotopic (exact) mass is 1430 g/mol. The molecule has 29 nitrogen and oxygen atoms in total. The summed E-state index contributed by atoms with van der Waals surface area (Å²) in [6, 6.07) is 41.1. The molecule has 7 amide bonds. The van der Waals surface area contributed by atoms with Crippen molar-refractivity contribution in [2.45, 2.75) is 125 Å². The van der Waals surface area contributed by atoms with Gasteiger partial charge in [-0.25, -0.2) is 4.79 Å². The predicted molar refractivity (Wildman–Crippen MR) is 406 cm³/mol. The summed E-state index contributed by atoms with van der Waals surface area (Å²) < 4.78 is 0. The lowest BCUT2D eigenvalue weighted by molar-refractivity contribution is -0.142. The Labute approximate surface area is 607 Å². The van der Waals surface area contributed by atoms with Gasteiger partial charge < -0.3 is 92.3 Å². The molecule has 0 saturated heterocycles. The van der Waals surface area contributed by atoms with E-state index in [1.54, 1.807) is 18.2 Å². The van der Waals surface area contributed by atoms with Gasteiger partial charge in [0.05, 0.1) is 6.04 Å². The highest BCUT2D eigenvalue weighted by Crippen LogP contribution is 2.23. The lowest BCUT2D eigenvalue weighted by Crippen LogP contribution is -2.61. The van der Waals surface area contributed by atoms with Gasteiger partial charge in [-0.2, -0.15) is 0 Å². The van der Waals surface area contributed by atoms with Gasteiger partial charge in [0.2, 0.25) is 41.4 Å². The molecule has 0 radical (unpaired) electrons. The first-order valence-corrected chi connectivity index (χ1v) is 34.8. The van der Waals surface area contributed by atoms with Crippen LogP contribution in [0, 0.1) is 21.6 Å². The number of rotatable bonds is 39. The number of carbonyl (C=O) groups is 8. The van der Waals surface area contributed by atoms with Gasteiger partial charge in [-0.15, -0.1) is 0 Å². The van der Waals surface area contributed by atoms with Gasteiger partial charge >= 0.3 is 5.97 Å². The van der Waals surface area contributed by atoms with Crippen LogP contribution in [0.2, 0.25) is 0 Å². The Balaban J connectivity index is 1.12. The topological polar surface area (TPSA) is 515 Å². The third kappa shape index (κ3) is 25.0. The van der Waals surface area contributed by atoms with Crippen LogP contribution in [-0.2, 0) is 64.0 Å². The number of amides is 7. The van der Waals surface area contributed by atoms with Crippen molar-refractivity contribution in [1.29, 1.82) is 21.6 Å². The summed E-state index contributed by atoms with van der Waals surface area (Å²) in [5.41, 5.74) is 30.9. The maximum Gasteiger partial charge on any atom is 0.326 e. The minimum Gasteiger partial charge on any atom is -0.480 e. The average molecular weight is 1430 g/mol. The minimum absolute atomic E-state index is 0.0297. The van der Waals surface area contributed by atoms with Gasteiger partial charge in [0, 0.05) is 51.9 Å². The van der Waals surface area contributed by atoms with Crippen LogP contribution < -0.4 is 87.2 Å². The SMILES string of the molecule is N=C(N)NCCC[C@H](NC(=O)[C@H](CCCNC(=N)N)NC(=O)[C@H](CCCNC(=N)N)NC(=O)[C@@H](N)CCCNC(=N)N)C(=O)N[C@@H](Cc1ccc2ccccc2c1)C(=O)N[C@@H](Cc1ccc2ccccc2c1)C(=O)N[C@@H](Cc1ccc2ccccc2c1)C(=O)N[C@@H](Cc1ccc2ccccc2c1)C(=O)O. The molecule has 8 aromatic rings. The Kier molecular flexibility index (Phi) is 29.2. The van der Waals surface area contributed by atoms with Gasteiger partial charge in [0.15, 0.2) is 23.8 Å². The highest BCUT2D eigenvalue weighted by atomic mass is 16.4. The summed E-state index contributed by atoms with van der Waals surface area (Å²) >= 11 is 0. The van der Waals surface area contributed by atoms with E-state index < -0.39 is 95.7 Å². The van der Waals surface area contributed by atoms with Crippen molar-refractivity contribution in [3.8, 4) is 0 Å². The summed E-state index contributed by atoms with van der Waals surface area (Å²) in [4.78, 5) is 118.